The largest absolute Gasteiger partial charge is 0.507 e. The van der Waals surface area contributed by atoms with E-state index in [1.54, 1.807) is 12.3 Å². The van der Waals surface area contributed by atoms with Crippen LogP contribution in [-0.2, 0) is 13.0 Å². The van der Waals surface area contributed by atoms with E-state index in [0.717, 1.165) is 12.1 Å². The molecule has 1 heterocycles. The van der Waals surface area contributed by atoms with Crippen LogP contribution in [0.1, 0.15) is 43.1 Å². The number of carbonyl (C=O) groups is 2. The van der Waals surface area contributed by atoms with Gasteiger partial charge in [0.2, 0.25) is 5.78 Å². The number of aromatic hydroxyl groups is 2. The molecule has 0 atom stereocenters. The molecular formula is C22H18N2O4. The summed E-state index contributed by atoms with van der Waals surface area (Å²) in [6.07, 6.45) is 2.50. The third kappa shape index (κ3) is 3.14. The van der Waals surface area contributed by atoms with Crippen molar-refractivity contribution in [3.8, 4) is 11.5 Å². The zero-order valence-corrected chi connectivity index (χ0v) is 15.0. The van der Waals surface area contributed by atoms with Crippen molar-refractivity contribution in [3.05, 3.63) is 88.2 Å². The van der Waals surface area contributed by atoms with E-state index in [9.17, 15) is 19.8 Å². The number of hydrogen-bond donors (Lipinski definition) is 3. The molecule has 3 N–H and O–H groups in total. The van der Waals surface area contributed by atoms with Crippen molar-refractivity contribution in [2.75, 3.05) is 6.54 Å². The minimum Gasteiger partial charge on any atom is -0.507 e. The molecule has 3 aromatic rings. The Bertz CT molecular complexity index is 1080. The second-order valence-electron chi connectivity index (χ2n) is 6.64. The summed E-state index contributed by atoms with van der Waals surface area (Å²) in [6.45, 7) is 1.11. The Balaban J connectivity index is 1.55. The molecule has 1 aromatic heterocycles. The van der Waals surface area contributed by atoms with Crippen LogP contribution in [0.25, 0.3) is 0 Å². The summed E-state index contributed by atoms with van der Waals surface area (Å²) in [4.78, 5) is 29.8. The third-order valence-corrected chi connectivity index (χ3v) is 4.78. The molecule has 140 valence electrons. The molecule has 0 bridgehead atoms. The summed E-state index contributed by atoms with van der Waals surface area (Å²) in [7, 11) is 0. The Morgan fingerprint density at radius 3 is 2.46 bits per heavy atom. The van der Waals surface area contributed by atoms with E-state index < -0.39 is 5.78 Å². The third-order valence-electron chi connectivity index (χ3n) is 4.78. The second kappa shape index (κ2) is 7.25. The van der Waals surface area contributed by atoms with Crippen LogP contribution in [0.15, 0.2) is 54.7 Å². The topological polar surface area (TPSA) is 99.5 Å². The van der Waals surface area contributed by atoms with Crippen molar-refractivity contribution < 1.29 is 19.8 Å². The molecule has 0 amide bonds. The van der Waals surface area contributed by atoms with Gasteiger partial charge in [0.1, 0.15) is 11.5 Å². The van der Waals surface area contributed by atoms with Crippen LogP contribution in [0.3, 0.4) is 0 Å². The highest BCUT2D eigenvalue weighted by molar-refractivity contribution is 6.30. The number of carbonyl (C=O) groups excluding carboxylic acids is 2. The first-order chi connectivity index (χ1) is 13.6. The Kier molecular flexibility index (Phi) is 4.63. The van der Waals surface area contributed by atoms with Gasteiger partial charge in [-0.2, -0.15) is 0 Å². The SMILES string of the molecule is O=C1c2cccc(O)c2C(=O)c2c(O)cc(CNCCc3ccccn3)cc21. The van der Waals surface area contributed by atoms with Gasteiger partial charge in [-0.1, -0.05) is 18.2 Å². The normalized spacial score (nSPS) is 12.6. The molecule has 0 spiro atoms. The molecule has 6 heteroatoms. The fraction of sp³-hybridized carbons (Fsp3) is 0.136. The van der Waals surface area contributed by atoms with Gasteiger partial charge in [0.05, 0.1) is 11.1 Å². The number of benzene rings is 2. The first-order valence-electron chi connectivity index (χ1n) is 8.94. The average Bonchev–Trinajstić information content (AvgIpc) is 2.69. The first-order valence-corrected chi connectivity index (χ1v) is 8.94. The highest BCUT2D eigenvalue weighted by atomic mass is 16.3. The van der Waals surface area contributed by atoms with Crippen LogP contribution in [0.4, 0.5) is 0 Å². The van der Waals surface area contributed by atoms with Crippen molar-refractivity contribution in [2.45, 2.75) is 13.0 Å². The van der Waals surface area contributed by atoms with E-state index >= 15 is 0 Å². The lowest BCUT2D eigenvalue weighted by atomic mass is 9.82. The maximum atomic E-state index is 12.8. The van der Waals surface area contributed by atoms with Crippen LogP contribution in [-0.4, -0.2) is 33.3 Å². The zero-order valence-electron chi connectivity index (χ0n) is 15.0. The Morgan fingerprint density at radius 1 is 0.857 bits per heavy atom. The van der Waals surface area contributed by atoms with Crippen molar-refractivity contribution >= 4 is 11.6 Å². The van der Waals surface area contributed by atoms with Gasteiger partial charge in [0.15, 0.2) is 5.78 Å². The van der Waals surface area contributed by atoms with Crippen LogP contribution >= 0.6 is 0 Å². The lowest BCUT2D eigenvalue weighted by molar-refractivity contribution is 0.0974. The van der Waals surface area contributed by atoms with E-state index in [1.807, 2.05) is 18.2 Å². The number of phenolic OH excluding ortho intramolecular Hbond substituents is 2. The van der Waals surface area contributed by atoms with Crippen molar-refractivity contribution in [1.29, 1.82) is 0 Å². The number of ketones is 2. The van der Waals surface area contributed by atoms with Crippen molar-refractivity contribution in [2.24, 2.45) is 0 Å². The van der Waals surface area contributed by atoms with Gasteiger partial charge in [-0.3, -0.25) is 14.6 Å². The fourth-order valence-electron chi connectivity index (χ4n) is 3.44. The number of hydrogen-bond acceptors (Lipinski definition) is 6. The van der Waals surface area contributed by atoms with E-state index in [4.69, 9.17) is 0 Å². The lowest BCUT2D eigenvalue weighted by Gasteiger charge is -2.20. The van der Waals surface area contributed by atoms with Gasteiger partial charge < -0.3 is 15.5 Å². The summed E-state index contributed by atoms with van der Waals surface area (Å²) < 4.78 is 0. The molecule has 0 unspecified atom stereocenters. The molecule has 0 fully saturated rings. The quantitative estimate of drug-likeness (QED) is 0.465. The molecule has 2 aromatic carbocycles. The number of nitrogens with one attached hydrogen (secondary N) is 1. The number of fused-ring (bicyclic) bond motifs is 2. The number of nitrogens with zero attached hydrogens (tertiary/aromatic N) is 1. The number of pyridine rings is 1. The first kappa shape index (κ1) is 17.9. The number of phenols is 2. The molecule has 28 heavy (non-hydrogen) atoms. The maximum Gasteiger partial charge on any atom is 0.201 e. The van der Waals surface area contributed by atoms with Crippen LogP contribution in [0.5, 0.6) is 11.5 Å². The minimum atomic E-state index is -0.546. The minimum absolute atomic E-state index is 0.0588. The Hall–Kier alpha value is -3.51. The fourth-order valence-corrected chi connectivity index (χ4v) is 3.44. The van der Waals surface area contributed by atoms with Crippen LogP contribution < -0.4 is 5.32 Å². The molecule has 4 rings (SSSR count). The highest BCUT2D eigenvalue weighted by Crippen LogP contribution is 2.37. The van der Waals surface area contributed by atoms with Crippen molar-refractivity contribution in [1.82, 2.24) is 10.3 Å². The van der Waals surface area contributed by atoms with Gasteiger partial charge in [0.25, 0.3) is 0 Å². The molecule has 1 aliphatic carbocycles. The molecule has 0 saturated carbocycles. The van der Waals surface area contributed by atoms with E-state index in [2.05, 4.69) is 10.3 Å². The zero-order chi connectivity index (χ0) is 19.7. The summed E-state index contributed by atoms with van der Waals surface area (Å²) >= 11 is 0. The Labute approximate surface area is 161 Å². The highest BCUT2D eigenvalue weighted by Gasteiger charge is 2.34. The Morgan fingerprint density at radius 2 is 1.68 bits per heavy atom. The molecule has 6 nitrogen and oxygen atoms in total. The van der Waals surface area contributed by atoms with Gasteiger partial charge in [-0.15, -0.1) is 0 Å². The van der Waals surface area contributed by atoms with E-state index in [0.29, 0.717) is 18.7 Å². The molecular weight excluding hydrogens is 356 g/mol. The van der Waals surface area contributed by atoms with E-state index in [-0.39, 0.29) is 39.5 Å². The number of rotatable bonds is 5. The molecule has 0 radical (unpaired) electrons. The molecule has 0 saturated heterocycles. The predicted octanol–water partition coefficient (Wildman–Crippen LogP) is 2.60. The van der Waals surface area contributed by atoms with Crippen LogP contribution in [0.2, 0.25) is 0 Å². The van der Waals surface area contributed by atoms with Gasteiger partial charge in [0, 0.05) is 42.5 Å². The number of aromatic nitrogens is 1. The van der Waals surface area contributed by atoms with Gasteiger partial charge in [-0.05, 0) is 35.9 Å². The standard InChI is InChI=1S/C22H18N2O4/c25-17-6-3-5-15-19(17)22(28)20-16(21(15)27)10-13(11-18(20)26)12-23-9-7-14-4-1-2-8-24-14/h1-6,8,10-11,23,25-26H,7,9,12H2. The summed E-state index contributed by atoms with van der Waals surface area (Å²) in [6, 6.07) is 13.2. The van der Waals surface area contributed by atoms with E-state index in [1.165, 1.54) is 24.3 Å². The van der Waals surface area contributed by atoms with Crippen LogP contribution in [0, 0.1) is 0 Å². The smallest absolute Gasteiger partial charge is 0.201 e. The second-order valence-corrected chi connectivity index (χ2v) is 6.64. The summed E-state index contributed by atoms with van der Waals surface area (Å²) in [5.74, 6) is -1.45. The van der Waals surface area contributed by atoms with Gasteiger partial charge >= 0.3 is 0 Å². The van der Waals surface area contributed by atoms with Crippen molar-refractivity contribution in [3.63, 3.8) is 0 Å². The molecule has 1 aliphatic rings. The molecule has 0 aliphatic heterocycles. The van der Waals surface area contributed by atoms with Gasteiger partial charge in [-0.25, -0.2) is 0 Å². The maximum absolute atomic E-state index is 12.8. The predicted molar refractivity (Wildman–Crippen MR) is 103 cm³/mol. The summed E-state index contributed by atoms with van der Waals surface area (Å²) in [5.41, 5.74) is 1.86. The summed E-state index contributed by atoms with van der Waals surface area (Å²) in [5, 5.41) is 23.6. The average molecular weight is 374 g/mol. The monoisotopic (exact) mass is 374 g/mol. The lowest BCUT2D eigenvalue weighted by Crippen LogP contribution is -2.22.